The summed E-state index contributed by atoms with van der Waals surface area (Å²) in [5, 5.41) is 18.5. The lowest BCUT2D eigenvalue weighted by Crippen LogP contribution is -2.30. The highest BCUT2D eigenvalue weighted by Gasteiger charge is 2.44. The molecule has 1 aliphatic rings. The van der Waals surface area contributed by atoms with Crippen LogP contribution in [0.25, 0.3) is 0 Å². The van der Waals surface area contributed by atoms with E-state index in [1.807, 2.05) is 19.1 Å². The third-order valence-corrected chi connectivity index (χ3v) is 4.63. The van der Waals surface area contributed by atoms with Gasteiger partial charge in [-0.1, -0.05) is 41.2 Å². The van der Waals surface area contributed by atoms with Crippen molar-refractivity contribution in [2.24, 2.45) is 11.3 Å². The molecule has 80 valence electrons. The first kappa shape index (κ1) is 12.5. The van der Waals surface area contributed by atoms with Gasteiger partial charge in [-0.05, 0) is 26.2 Å². The van der Waals surface area contributed by atoms with Crippen LogP contribution in [0.5, 0.6) is 0 Å². The highest BCUT2D eigenvalue weighted by atomic mass is 127. The fourth-order valence-corrected chi connectivity index (χ4v) is 3.62. The van der Waals surface area contributed by atoms with Crippen LogP contribution in [0.1, 0.15) is 32.6 Å². The molecule has 0 bridgehead atoms. The molecule has 15 heavy (non-hydrogen) atoms. The summed E-state index contributed by atoms with van der Waals surface area (Å²) in [6.07, 6.45) is 7.74. The van der Waals surface area contributed by atoms with Crippen LogP contribution < -0.4 is 0 Å². The largest absolute Gasteiger partial charge is 0.197 e. The summed E-state index contributed by atoms with van der Waals surface area (Å²) in [6, 6.07) is 4.51. The van der Waals surface area contributed by atoms with E-state index >= 15 is 0 Å². The summed E-state index contributed by atoms with van der Waals surface area (Å²) in [6.45, 7) is 1.93. The van der Waals surface area contributed by atoms with E-state index in [0.29, 0.717) is 10.3 Å². The number of hydrogen-bond donors (Lipinski definition) is 0. The van der Waals surface area contributed by atoms with Crippen LogP contribution in [-0.2, 0) is 0 Å². The first-order valence-corrected chi connectivity index (χ1v) is 6.52. The maximum absolute atomic E-state index is 9.27. The molecule has 0 spiro atoms. The Bertz CT molecular complexity index is 307. The van der Waals surface area contributed by atoms with E-state index in [-0.39, 0.29) is 5.92 Å². The molecule has 2 unspecified atom stereocenters. The molecular formula is C12H15IN2. The van der Waals surface area contributed by atoms with E-state index in [0.717, 1.165) is 19.3 Å². The second-order valence-corrected chi connectivity index (χ2v) is 5.62. The highest BCUT2D eigenvalue weighted by molar-refractivity contribution is 14.1. The molecule has 0 aliphatic heterocycles. The molecule has 2 nitrogen and oxygen atoms in total. The van der Waals surface area contributed by atoms with Crippen molar-refractivity contribution in [3.63, 3.8) is 0 Å². The Morgan fingerprint density at radius 2 is 2.07 bits per heavy atom. The lowest BCUT2D eigenvalue weighted by Gasteiger charge is -2.26. The number of nitriles is 2. The predicted octanol–water partition coefficient (Wildman–Crippen LogP) is 3.59. The summed E-state index contributed by atoms with van der Waals surface area (Å²) < 4.78 is 0.479. The number of allylic oxidation sites excluding steroid dienone is 2. The van der Waals surface area contributed by atoms with Gasteiger partial charge >= 0.3 is 0 Å². The first-order chi connectivity index (χ1) is 7.20. The minimum atomic E-state index is -0.797. The van der Waals surface area contributed by atoms with E-state index in [2.05, 4.69) is 34.7 Å². The Balaban J connectivity index is 2.91. The maximum Gasteiger partial charge on any atom is 0.151 e. The minimum Gasteiger partial charge on any atom is -0.197 e. The second kappa shape index (κ2) is 5.51. The van der Waals surface area contributed by atoms with Gasteiger partial charge in [-0.2, -0.15) is 10.5 Å². The van der Waals surface area contributed by atoms with Crippen LogP contribution in [0.4, 0.5) is 0 Å². The second-order valence-electron chi connectivity index (χ2n) is 4.02. The topological polar surface area (TPSA) is 47.6 Å². The van der Waals surface area contributed by atoms with Crippen LogP contribution in [0.3, 0.4) is 0 Å². The molecule has 1 fully saturated rings. The van der Waals surface area contributed by atoms with Crippen molar-refractivity contribution >= 4 is 22.6 Å². The Morgan fingerprint density at radius 1 is 1.40 bits per heavy atom. The summed E-state index contributed by atoms with van der Waals surface area (Å²) in [5.41, 5.74) is -0.797. The van der Waals surface area contributed by atoms with Crippen LogP contribution in [-0.4, -0.2) is 3.92 Å². The fourth-order valence-electron chi connectivity index (χ4n) is 2.21. The lowest BCUT2D eigenvalue weighted by atomic mass is 9.74. The van der Waals surface area contributed by atoms with Crippen molar-refractivity contribution in [3.05, 3.63) is 12.2 Å². The Hall–Kier alpha value is -0.550. The zero-order chi connectivity index (χ0) is 11.3. The van der Waals surface area contributed by atoms with E-state index in [1.165, 1.54) is 0 Å². The minimum absolute atomic E-state index is 0.240. The number of rotatable bonds is 3. The molecule has 0 radical (unpaired) electrons. The molecule has 0 N–H and O–H groups in total. The van der Waals surface area contributed by atoms with Crippen molar-refractivity contribution in [2.75, 3.05) is 0 Å². The van der Waals surface area contributed by atoms with Crippen molar-refractivity contribution in [1.82, 2.24) is 0 Å². The van der Waals surface area contributed by atoms with E-state index in [4.69, 9.17) is 0 Å². The molecule has 0 aromatic rings. The normalized spacial score (nSPS) is 26.4. The van der Waals surface area contributed by atoms with Gasteiger partial charge < -0.3 is 0 Å². The standard InChI is InChI=1S/C12H15IN2/c1-2-3-7-12(8-14,9-15)10-5-4-6-11(10)13/h2-3,10-11H,4-7H2,1H3/b3-2+. The van der Waals surface area contributed by atoms with Gasteiger partial charge in [-0.3, -0.25) is 0 Å². The molecule has 0 aromatic carbocycles. The number of alkyl halides is 1. The van der Waals surface area contributed by atoms with Gasteiger partial charge in [0.05, 0.1) is 12.1 Å². The molecule has 3 heteroatoms. The molecule has 0 amide bonds. The molecule has 0 saturated heterocycles. The van der Waals surface area contributed by atoms with Gasteiger partial charge in [0.15, 0.2) is 5.41 Å². The van der Waals surface area contributed by atoms with Gasteiger partial charge in [0.1, 0.15) is 0 Å². The first-order valence-electron chi connectivity index (χ1n) is 5.28. The van der Waals surface area contributed by atoms with Crippen LogP contribution in [0, 0.1) is 34.0 Å². The maximum atomic E-state index is 9.27. The van der Waals surface area contributed by atoms with Gasteiger partial charge in [0.25, 0.3) is 0 Å². The molecule has 1 aliphatic carbocycles. The number of nitrogens with zero attached hydrogens (tertiary/aromatic N) is 2. The van der Waals surface area contributed by atoms with Gasteiger partial charge in [0, 0.05) is 9.84 Å². The van der Waals surface area contributed by atoms with E-state index in [9.17, 15) is 10.5 Å². The van der Waals surface area contributed by atoms with Crippen molar-refractivity contribution < 1.29 is 0 Å². The Kier molecular flexibility index (Phi) is 4.60. The monoisotopic (exact) mass is 314 g/mol. The SMILES string of the molecule is C/C=C/CC(C#N)(C#N)C1CCCC1I. The summed E-state index contributed by atoms with van der Waals surface area (Å²) >= 11 is 2.39. The molecule has 0 aromatic heterocycles. The van der Waals surface area contributed by atoms with Crippen LogP contribution in [0.15, 0.2) is 12.2 Å². The quantitative estimate of drug-likeness (QED) is 0.454. The zero-order valence-corrected chi connectivity index (χ0v) is 11.1. The average molecular weight is 314 g/mol. The van der Waals surface area contributed by atoms with Gasteiger partial charge in [0.2, 0.25) is 0 Å². The lowest BCUT2D eigenvalue weighted by molar-refractivity contribution is 0.338. The van der Waals surface area contributed by atoms with Crippen LogP contribution in [0.2, 0.25) is 0 Å². The number of halogens is 1. The Labute approximate surface area is 105 Å². The van der Waals surface area contributed by atoms with Crippen molar-refractivity contribution in [2.45, 2.75) is 36.5 Å². The van der Waals surface area contributed by atoms with E-state index < -0.39 is 5.41 Å². The van der Waals surface area contributed by atoms with E-state index in [1.54, 1.807) is 0 Å². The third-order valence-electron chi connectivity index (χ3n) is 3.14. The fraction of sp³-hybridized carbons (Fsp3) is 0.667. The summed E-state index contributed by atoms with van der Waals surface area (Å²) in [7, 11) is 0. The predicted molar refractivity (Wildman–Crippen MR) is 68.2 cm³/mol. The molecule has 0 heterocycles. The average Bonchev–Trinajstić information content (AvgIpc) is 2.68. The molecule has 1 saturated carbocycles. The molecule has 2 atom stereocenters. The highest BCUT2D eigenvalue weighted by Crippen LogP contribution is 2.45. The van der Waals surface area contributed by atoms with Crippen LogP contribution >= 0.6 is 22.6 Å². The third kappa shape index (κ3) is 2.52. The van der Waals surface area contributed by atoms with Gasteiger partial charge in [-0.25, -0.2) is 0 Å². The zero-order valence-electron chi connectivity index (χ0n) is 8.91. The smallest absolute Gasteiger partial charge is 0.151 e. The summed E-state index contributed by atoms with van der Waals surface area (Å²) in [5.74, 6) is 0.240. The molecule has 1 rings (SSSR count). The van der Waals surface area contributed by atoms with Crippen molar-refractivity contribution in [3.8, 4) is 12.1 Å². The number of hydrogen-bond acceptors (Lipinski definition) is 2. The van der Waals surface area contributed by atoms with Crippen molar-refractivity contribution in [1.29, 1.82) is 10.5 Å². The molecular weight excluding hydrogens is 299 g/mol. The van der Waals surface area contributed by atoms with Gasteiger partial charge in [-0.15, -0.1) is 0 Å². The summed E-state index contributed by atoms with van der Waals surface area (Å²) in [4.78, 5) is 0. The Morgan fingerprint density at radius 3 is 2.47 bits per heavy atom.